The molecule has 1 atom stereocenters. The Kier molecular flexibility index (Phi) is 3.73. The molecule has 1 aliphatic heterocycles. The third kappa shape index (κ3) is 2.61. The number of nitrogens with one attached hydrogen (secondary N) is 1. The lowest BCUT2D eigenvalue weighted by atomic mass is 10.1. The van der Waals surface area contributed by atoms with Crippen LogP contribution < -0.4 is 0 Å². The minimum absolute atomic E-state index is 0.172. The van der Waals surface area contributed by atoms with E-state index in [4.69, 9.17) is 17.0 Å². The van der Waals surface area contributed by atoms with Gasteiger partial charge < -0.3 is 14.3 Å². The summed E-state index contributed by atoms with van der Waals surface area (Å²) in [5.74, 6) is -0.278. The number of halogens is 2. The van der Waals surface area contributed by atoms with Gasteiger partial charge in [0.1, 0.15) is 5.82 Å². The van der Waals surface area contributed by atoms with Crippen molar-refractivity contribution in [3.8, 4) is 0 Å². The van der Waals surface area contributed by atoms with Gasteiger partial charge in [0.25, 0.3) is 0 Å². The van der Waals surface area contributed by atoms with Gasteiger partial charge in [0.2, 0.25) is 0 Å². The van der Waals surface area contributed by atoms with E-state index in [-0.39, 0.29) is 11.9 Å². The zero-order valence-electron chi connectivity index (χ0n) is 10.3. The van der Waals surface area contributed by atoms with Gasteiger partial charge in [0.15, 0.2) is 4.77 Å². The van der Waals surface area contributed by atoms with Crippen molar-refractivity contribution in [2.45, 2.75) is 31.9 Å². The maximum absolute atomic E-state index is 13.7. The highest BCUT2D eigenvalue weighted by molar-refractivity contribution is 9.10. The molecule has 3 rings (SSSR count). The molecule has 1 aromatic carbocycles. The molecule has 1 N–H and O–H groups in total. The van der Waals surface area contributed by atoms with E-state index in [0.717, 1.165) is 30.5 Å². The van der Waals surface area contributed by atoms with E-state index in [9.17, 15) is 4.39 Å². The smallest absolute Gasteiger partial charge is 0.178 e. The molecule has 3 nitrogen and oxygen atoms in total. The lowest BCUT2D eigenvalue weighted by Gasteiger charge is -2.23. The number of benzene rings is 1. The predicted molar refractivity (Wildman–Crippen MR) is 78.4 cm³/mol. The van der Waals surface area contributed by atoms with Crippen LogP contribution in [0.4, 0.5) is 4.39 Å². The van der Waals surface area contributed by atoms with Crippen molar-refractivity contribution in [2.75, 3.05) is 6.61 Å². The first-order valence-corrected chi connectivity index (χ1v) is 7.54. The third-order valence-electron chi connectivity index (χ3n) is 3.48. The Labute approximate surface area is 123 Å². The van der Waals surface area contributed by atoms with Crippen LogP contribution in [0.25, 0.3) is 11.0 Å². The molecule has 0 radical (unpaired) electrons. The SMILES string of the molecule is Fc1cc2c(cc1Br)[nH]c(=S)n2CC1CCCCO1. The van der Waals surface area contributed by atoms with Gasteiger partial charge in [-0.05, 0) is 53.5 Å². The molecule has 0 spiro atoms. The standard InChI is InChI=1S/C13H14BrFN2OS/c14-9-5-11-12(6-10(9)15)17(13(19)16-11)7-8-3-1-2-4-18-8/h5-6,8H,1-4,7H2,(H,16,19). The number of imidazole rings is 1. The van der Waals surface area contributed by atoms with E-state index in [1.54, 1.807) is 6.07 Å². The number of ether oxygens (including phenoxy) is 1. The molecular formula is C13H14BrFN2OS. The molecule has 1 saturated heterocycles. The minimum atomic E-state index is -0.278. The number of aromatic amines is 1. The van der Waals surface area contributed by atoms with E-state index in [0.29, 0.717) is 15.8 Å². The summed E-state index contributed by atoms with van der Waals surface area (Å²) < 4.78 is 22.4. The van der Waals surface area contributed by atoms with Gasteiger partial charge in [-0.1, -0.05) is 0 Å². The second-order valence-corrected chi connectivity index (χ2v) is 6.05. The number of hydrogen-bond donors (Lipinski definition) is 1. The molecule has 0 aliphatic carbocycles. The Morgan fingerprint density at radius 1 is 1.47 bits per heavy atom. The van der Waals surface area contributed by atoms with Crippen LogP contribution in [0.5, 0.6) is 0 Å². The van der Waals surface area contributed by atoms with Crippen LogP contribution in [0.15, 0.2) is 16.6 Å². The van der Waals surface area contributed by atoms with E-state index in [1.165, 1.54) is 12.5 Å². The Morgan fingerprint density at radius 3 is 3.05 bits per heavy atom. The Bertz CT molecular complexity index is 660. The van der Waals surface area contributed by atoms with Gasteiger partial charge in [-0.2, -0.15) is 0 Å². The fourth-order valence-electron chi connectivity index (χ4n) is 2.49. The highest BCUT2D eigenvalue weighted by Gasteiger charge is 2.17. The van der Waals surface area contributed by atoms with Crippen LogP contribution in [0.3, 0.4) is 0 Å². The molecule has 1 aromatic heterocycles. The summed E-state index contributed by atoms with van der Waals surface area (Å²) in [4.78, 5) is 3.11. The van der Waals surface area contributed by atoms with E-state index in [1.807, 2.05) is 4.57 Å². The highest BCUT2D eigenvalue weighted by Crippen LogP contribution is 2.24. The average molecular weight is 345 g/mol. The van der Waals surface area contributed by atoms with Crippen LogP contribution in [0, 0.1) is 10.6 Å². The van der Waals surface area contributed by atoms with Gasteiger partial charge in [-0.25, -0.2) is 4.39 Å². The molecular weight excluding hydrogens is 331 g/mol. The molecule has 1 unspecified atom stereocenters. The van der Waals surface area contributed by atoms with E-state index in [2.05, 4.69) is 20.9 Å². The molecule has 0 amide bonds. The maximum atomic E-state index is 13.7. The molecule has 6 heteroatoms. The first kappa shape index (κ1) is 13.3. The van der Waals surface area contributed by atoms with Crippen molar-refractivity contribution in [1.29, 1.82) is 0 Å². The quantitative estimate of drug-likeness (QED) is 0.828. The van der Waals surface area contributed by atoms with Crippen molar-refractivity contribution in [3.63, 3.8) is 0 Å². The number of fused-ring (bicyclic) bond motifs is 1. The summed E-state index contributed by atoms with van der Waals surface area (Å²) >= 11 is 8.51. The minimum Gasteiger partial charge on any atom is -0.376 e. The first-order chi connectivity index (χ1) is 9.15. The zero-order valence-corrected chi connectivity index (χ0v) is 12.7. The highest BCUT2D eigenvalue weighted by atomic mass is 79.9. The van der Waals surface area contributed by atoms with Crippen molar-refractivity contribution in [3.05, 3.63) is 27.2 Å². The van der Waals surface area contributed by atoms with E-state index < -0.39 is 0 Å². The number of rotatable bonds is 2. The van der Waals surface area contributed by atoms with Crippen LogP contribution in [0.2, 0.25) is 0 Å². The second-order valence-electron chi connectivity index (χ2n) is 4.81. The molecule has 102 valence electrons. The first-order valence-electron chi connectivity index (χ1n) is 6.34. The molecule has 0 bridgehead atoms. The van der Waals surface area contributed by atoms with Crippen LogP contribution in [-0.4, -0.2) is 22.3 Å². The topological polar surface area (TPSA) is 29.9 Å². The molecule has 1 fully saturated rings. The lowest BCUT2D eigenvalue weighted by Crippen LogP contribution is -2.24. The van der Waals surface area contributed by atoms with E-state index >= 15 is 0 Å². The Hall–Kier alpha value is -0.720. The fourth-order valence-corrected chi connectivity index (χ4v) is 3.11. The Morgan fingerprint density at radius 2 is 2.32 bits per heavy atom. The number of hydrogen-bond acceptors (Lipinski definition) is 2. The Balaban J connectivity index is 2.00. The van der Waals surface area contributed by atoms with Crippen LogP contribution in [-0.2, 0) is 11.3 Å². The van der Waals surface area contributed by atoms with Gasteiger partial charge in [-0.3, -0.25) is 0 Å². The summed E-state index contributed by atoms with van der Waals surface area (Å²) in [6.07, 6.45) is 3.51. The fraction of sp³-hybridized carbons (Fsp3) is 0.462. The lowest BCUT2D eigenvalue weighted by molar-refractivity contribution is 0.00640. The summed E-state index contributed by atoms with van der Waals surface area (Å²) in [6.45, 7) is 1.49. The molecule has 2 aromatic rings. The van der Waals surface area contributed by atoms with Crippen LogP contribution in [0.1, 0.15) is 19.3 Å². The maximum Gasteiger partial charge on any atom is 0.178 e. The largest absolute Gasteiger partial charge is 0.376 e. The van der Waals surface area contributed by atoms with Crippen molar-refractivity contribution < 1.29 is 9.13 Å². The number of H-pyrrole nitrogens is 1. The second kappa shape index (κ2) is 5.34. The number of nitrogens with zero attached hydrogens (tertiary/aromatic N) is 1. The monoisotopic (exact) mass is 344 g/mol. The average Bonchev–Trinajstić information content (AvgIpc) is 2.68. The normalized spacial score (nSPS) is 20.0. The summed E-state index contributed by atoms with van der Waals surface area (Å²) in [6, 6.07) is 3.23. The molecule has 0 saturated carbocycles. The summed E-state index contributed by atoms with van der Waals surface area (Å²) in [7, 11) is 0. The summed E-state index contributed by atoms with van der Waals surface area (Å²) in [5.41, 5.74) is 1.63. The van der Waals surface area contributed by atoms with Gasteiger partial charge >= 0.3 is 0 Å². The van der Waals surface area contributed by atoms with Crippen LogP contribution >= 0.6 is 28.1 Å². The molecule has 1 aliphatic rings. The molecule has 2 heterocycles. The van der Waals surface area contributed by atoms with Gasteiger partial charge in [-0.15, -0.1) is 0 Å². The van der Waals surface area contributed by atoms with Crippen molar-refractivity contribution >= 4 is 39.2 Å². The zero-order chi connectivity index (χ0) is 13.4. The van der Waals surface area contributed by atoms with Gasteiger partial charge in [0, 0.05) is 12.7 Å². The van der Waals surface area contributed by atoms with Gasteiger partial charge in [0.05, 0.1) is 28.2 Å². The number of aromatic nitrogens is 2. The predicted octanol–water partition coefficient (Wildman–Crippen LogP) is 4.17. The summed E-state index contributed by atoms with van der Waals surface area (Å²) in [5, 5.41) is 0. The van der Waals surface area contributed by atoms with Crippen molar-refractivity contribution in [1.82, 2.24) is 9.55 Å². The third-order valence-corrected chi connectivity index (χ3v) is 4.41. The molecule has 19 heavy (non-hydrogen) atoms. The van der Waals surface area contributed by atoms with Crippen molar-refractivity contribution in [2.24, 2.45) is 0 Å².